The Hall–Kier alpha value is -1.37. The highest BCUT2D eigenvalue weighted by Crippen LogP contribution is 2.43. The van der Waals surface area contributed by atoms with E-state index in [2.05, 4.69) is 42.9 Å². The molecule has 1 saturated carbocycles. The Morgan fingerprint density at radius 1 is 1.20 bits per heavy atom. The van der Waals surface area contributed by atoms with E-state index in [-0.39, 0.29) is 0 Å². The van der Waals surface area contributed by atoms with Gasteiger partial charge in [-0.15, -0.1) is 0 Å². The first kappa shape index (κ1) is 15.0. The lowest BCUT2D eigenvalue weighted by Gasteiger charge is -2.12. The second kappa shape index (κ2) is 8.04. The fourth-order valence-corrected chi connectivity index (χ4v) is 2.84. The van der Waals surface area contributed by atoms with Gasteiger partial charge in [-0.3, -0.25) is 4.99 Å². The van der Waals surface area contributed by atoms with E-state index >= 15 is 0 Å². The summed E-state index contributed by atoms with van der Waals surface area (Å²) in [5.41, 5.74) is 4.31. The zero-order valence-electron chi connectivity index (χ0n) is 12.8. The van der Waals surface area contributed by atoms with E-state index in [0.29, 0.717) is 0 Å². The number of rotatable bonds is 9. The number of nitrogens with zero attached hydrogens (tertiary/aromatic N) is 1. The highest BCUT2D eigenvalue weighted by molar-refractivity contribution is 5.69. The van der Waals surface area contributed by atoms with E-state index < -0.39 is 0 Å². The largest absolute Gasteiger partial charge is 0.272 e. The lowest BCUT2D eigenvalue weighted by molar-refractivity contribution is 0.640. The van der Waals surface area contributed by atoms with Gasteiger partial charge < -0.3 is 0 Å². The van der Waals surface area contributed by atoms with Crippen LogP contribution in [0.4, 0.5) is 0 Å². The number of hydrogen-bond donors (Lipinski definition) is 0. The van der Waals surface area contributed by atoms with Gasteiger partial charge in [-0.05, 0) is 55.0 Å². The van der Waals surface area contributed by atoms with Crippen LogP contribution in [0, 0.1) is 0 Å². The molecule has 0 N–H and O–H groups in total. The molecule has 0 radical (unpaired) electrons. The van der Waals surface area contributed by atoms with Gasteiger partial charge in [0.15, 0.2) is 0 Å². The molecule has 1 aromatic carbocycles. The predicted octanol–water partition coefficient (Wildman–Crippen LogP) is 5.97. The van der Waals surface area contributed by atoms with E-state index in [1.807, 2.05) is 6.20 Å². The molecule has 108 valence electrons. The monoisotopic (exact) mass is 269 g/mol. The van der Waals surface area contributed by atoms with E-state index in [4.69, 9.17) is 0 Å². The molecule has 0 unspecified atom stereocenters. The van der Waals surface area contributed by atoms with Crippen molar-refractivity contribution >= 4 is 12.3 Å². The van der Waals surface area contributed by atoms with Crippen molar-refractivity contribution in [3.05, 3.63) is 41.6 Å². The third-order valence-corrected chi connectivity index (χ3v) is 4.12. The van der Waals surface area contributed by atoms with Crippen LogP contribution in [-0.2, 0) is 0 Å². The molecule has 1 heteroatoms. The van der Waals surface area contributed by atoms with Crippen molar-refractivity contribution in [1.82, 2.24) is 0 Å². The molecule has 0 bridgehead atoms. The summed E-state index contributed by atoms with van der Waals surface area (Å²) in [4.78, 5) is 4.04. The summed E-state index contributed by atoms with van der Waals surface area (Å²) < 4.78 is 0. The van der Waals surface area contributed by atoms with Gasteiger partial charge >= 0.3 is 0 Å². The standard InChI is InChI=1S/C19H27N/c1-3-4-5-6-7-10-17(15-20-2)19-12-9-8-11-18(19)16-13-14-16/h8-9,11-12,15-16H,2-7,10,13-14H2,1H3/b17-15+. The fraction of sp³-hybridized carbons (Fsp3) is 0.526. The number of hydrogen-bond acceptors (Lipinski definition) is 1. The average molecular weight is 269 g/mol. The SMILES string of the molecule is C=N/C=C(\CCCCCCC)c1ccccc1C1CC1. The topological polar surface area (TPSA) is 12.4 Å². The quantitative estimate of drug-likeness (QED) is 0.387. The third kappa shape index (κ3) is 4.33. The van der Waals surface area contributed by atoms with Crippen molar-refractivity contribution in [3.63, 3.8) is 0 Å². The molecule has 0 aromatic heterocycles. The van der Waals surface area contributed by atoms with E-state index in [1.54, 1.807) is 0 Å². The predicted molar refractivity (Wildman–Crippen MR) is 89.3 cm³/mol. The summed E-state index contributed by atoms with van der Waals surface area (Å²) in [6, 6.07) is 8.87. The molecular weight excluding hydrogens is 242 g/mol. The first-order chi connectivity index (χ1) is 9.86. The summed E-state index contributed by atoms with van der Waals surface area (Å²) in [5.74, 6) is 0.791. The number of allylic oxidation sites excluding steroid dienone is 1. The molecule has 20 heavy (non-hydrogen) atoms. The zero-order valence-corrected chi connectivity index (χ0v) is 12.8. The number of benzene rings is 1. The van der Waals surface area contributed by atoms with Crippen LogP contribution in [0.1, 0.15) is 75.3 Å². The second-order valence-corrected chi connectivity index (χ2v) is 5.86. The van der Waals surface area contributed by atoms with E-state index in [1.165, 1.54) is 61.6 Å². The van der Waals surface area contributed by atoms with E-state index in [0.717, 1.165) is 12.3 Å². The smallest absolute Gasteiger partial charge is 0.0298 e. The molecule has 0 spiro atoms. The summed E-state index contributed by atoms with van der Waals surface area (Å²) >= 11 is 0. The first-order valence-corrected chi connectivity index (χ1v) is 8.11. The Kier molecular flexibility index (Phi) is 6.04. The maximum Gasteiger partial charge on any atom is 0.0298 e. The average Bonchev–Trinajstić information content (AvgIpc) is 3.30. The Morgan fingerprint density at radius 2 is 1.95 bits per heavy atom. The molecule has 1 fully saturated rings. The van der Waals surface area contributed by atoms with Gasteiger partial charge in [0.2, 0.25) is 0 Å². The lowest BCUT2D eigenvalue weighted by Crippen LogP contribution is -1.92. The van der Waals surface area contributed by atoms with Gasteiger partial charge in [-0.1, -0.05) is 56.9 Å². The summed E-state index contributed by atoms with van der Waals surface area (Å²) in [6.07, 6.45) is 12.4. The van der Waals surface area contributed by atoms with Crippen molar-refractivity contribution in [2.75, 3.05) is 0 Å². The Labute approximate surface area is 123 Å². The van der Waals surface area contributed by atoms with Crippen molar-refractivity contribution in [1.29, 1.82) is 0 Å². The van der Waals surface area contributed by atoms with Gasteiger partial charge in [0.25, 0.3) is 0 Å². The van der Waals surface area contributed by atoms with Crippen LogP contribution in [-0.4, -0.2) is 6.72 Å². The minimum Gasteiger partial charge on any atom is -0.272 e. The minimum atomic E-state index is 0.791. The molecule has 0 saturated heterocycles. The van der Waals surface area contributed by atoms with Gasteiger partial charge in [-0.25, -0.2) is 0 Å². The number of unbranched alkanes of at least 4 members (excludes halogenated alkanes) is 4. The van der Waals surface area contributed by atoms with Crippen LogP contribution in [0.15, 0.2) is 35.5 Å². The second-order valence-electron chi connectivity index (χ2n) is 5.86. The van der Waals surface area contributed by atoms with Gasteiger partial charge in [-0.2, -0.15) is 0 Å². The van der Waals surface area contributed by atoms with Crippen molar-refractivity contribution in [3.8, 4) is 0 Å². The Morgan fingerprint density at radius 3 is 2.65 bits per heavy atom. The summed E-state index contributed by atoms with van der Waals surface area (Å²) in [6.45, 7) is 5.91. The van der Waals surface area contributed by atoms with Crippen molar-refractivity contribution < 1.29 is 0 Å². The molecule has 1 nitrogen and oxygen atoms in total. The van der Waals surface area contributed by atoms with Gasteiger partial charge in [0.1, 0.15) is 0 Å². The van der Waals surface area contributed by atoms with Crippen molar-refractivity contribution in [2.45, 2.75) is 64.2 Å². The Balaban J connectivity index is 2.01. The highest BCUT2D eigenvalue weighted by Gasteiger charge is 2.26. The molecular formula is C19H27N. The third-order valence-electron chi connectivity index (χ3n) is 4.12. The molecule has 0 amide bonds. The zero-order chi connectivity index (χ0) is 14.2. The molecule has 0 heterocycles. The van der Waals surface area contributed by atoms with Gasteiger partial charge in [0.05, 0.1) is 0 Å². The molecule has 0 aliphatic heterocycles. The van der Waals surface area contributed by atoms with Crippen molar-refractivity contribution in [2.24, 2.45) is 4.99 Å². The molecule has 1 aliphatic carbocycles. The van der Waals surface area contributed by atoms with Gasteiger partial charge in [0, 0.05) is 6.20 Å². The highest BCUT2D eigenvalue weighted by atomic mass is 14.6. The maximum absolute atomic E-state index is 4.04. The number of aliphatic imine (C=N–C) groups is 1. The maximum atomic E-state index is 4.04. The summed E-state index contributed by atoms with van der Waals surface area (Å²) in [5, 5.41) is 0. The van der Waals surface area contributed by atoms with E-state index in [9.17, 15) is 0 Å². The van der Waals surface area contributed by atoms with Crippen LogP contribution in [0.5, 0.6) is 0 Å². The Bertz CT molecular complexity index is 455. The normalized spacial score (nSPS) is 15.3. The van der Waals surface area contributed by atoms with Crippen LogP contribution in [0.2, 0.25) is 0 Å². The van der Waals surface area contributed by atoms with Crippen LogP contribution in [0.3, 0.4) is 0 Å². The van der Waals surface area contributed by atoms with Crippen LogP contribution < -0.4 is 0 Å². The van der Waals surface area contributed by atoms with Crippen LogP contribution >= 0.6 is 0 Å². The fourth-order valence-electron chi connectivity index (χ4n) is 2.84. The lowest BCUT2D eigenvalue weighted by atomic mass is 9.93. The molecule has 0 atom stereocenters. The molecule has 2 rings (SSSR count). The molecule has 1 aromatic rings. The summed E-state index contributed by atoms with van der Waals surface area (Å²) in [7, 11) is 0. The first-order valence-electron chi connectivity index (χ1n) is 8.11. The minimum absolute atomic E-state index is 0.791. The van der Waals surface area contributed by atoms with Crippen LogP contribution in [0.25, 0.3) is 5.57 Å². The molecule has 1 aliphatic rings.